The van der Waals surface area contributed by atoms with E-state index in [4.69, 9.17) is 14.6 Å². The van der Waals surface area contributed by atoms with Crippen LogP contribution in [0.2, 0.25) is 0 Å². The molecule has 0 bridgehead atoms. The minimum absolute atomic E-state index is 0.00874. The van der Waals surface area contributed by atoms with Crippen LogP contribution >= 0.6 is 0 Å². The van der Waals surface area contributed by atoms with Crippen molar-refractivity contribution in [1.29, 1.82) is 0 Å². The van der Waals surface area contributed by atoms with Crippen molar-refractivity contribution in [3.8, 4) is 5.75 Å². The molecule has 0 radical (unpaired) electrons. The number of methoxy groups -OCH3 is 1. The molecule has 2 aromatic carbocycles. The first-order chi connectivity index (χ1) is 17.9. The third-order valence-corrected chi connectivity index (χ3v) is 8.74. The summed E-state index contributed by atoms with van der Waals surface area (Å²) in [6.07, 6.45) is 4.73. The first kappa shape index (κ1) is 29.5. The zero-order valence-electron chi connectivity index (χ0n) is 22.5. The van der Waals surface area contributed by atoms with Gasteiger partial charge in [-0.25, -0.2) is 9.35 Å². The lowest BCUT2D eigenvalue weighted by Gasteiger charge is -2.42. The first-order valence-electron chi connectivity index (χ1n) is 12.6. The van der Waals surface area contributed by atoms with E-state index < -0.39 is 26.2 Å². The Morgan fingerprint density at radius 1 is 1.32 bits per heavy atom. The van der Waals surface area contributed by atoms with Crippen LogP contribution < -0.4 is 9.88 Å². The Labute approximate surface area is 224 Å². The number of fused-ring (bicyclic) bond motifs is 1. The highest BCUT2D eigenvalue weighted by Crippen LogP contribution is 2.42. The molecular formula is C28H37N3O6S. The molecule has 1 amide bonds. The van der Waals surface area contributed by atoms with Crippen LogP contribution in [0, 0.1) is 23.0 Å². The molecule has 2 unspecified atom stereocenters. The third kappa shape index (κ3) is 6.67. The fourth-order valence-corrected chi connectivity index (χ4v) is 6.58. The number of nitro groups is 1. The molecule has 0 saturated carbocycles. The number of aryl methyl sites for hydroxylation is 2. The maximum absolute atomic E-state index is 12.7. The van der Waals surface area contributed by atoms with Gasteiger partial charge in [0.25, 0.3) is 5.91 Å². The maximum atomic E-state index is 12.7. The van der Waals surface area contributed by atoms with Gasteiger partial charge in [-0.15, -0.1) is 10.9 Å². The van der Waals surface area contributed by atoms with E-state index in [1.165, 1.54) is 23.3 Å². The van der Waals surface area contributed by atoms with Crippen molar-refractivity contribution < 1.29 is 23.4 Å². The predicted octanol–water partition coefficient (Wildman–Crippen LogP) is 5.29. The Hall–Kier alpha value is -3.08. The van der Waals surface area contributed by atoms with Crippen molar-refractivity contribution in [2.24, 2.45) is 15.4 Å². The van der Waals surface area contributed by atoms with Crippen LogP contribution in [0.1, 0.15) is 60.2 Å². The Morgan fingerprint density at radius 3 is 2.71 bits per heavy atom. The van der Waals surface area contributed by atoms with Gasteiger partial charge in [0, 0.05) is 24.5 Å². The van der Waals surface area contributed by atoms with E-state index in [2.05, 4.69) is 36.1 Å². The lowest BCUT2D eigenvalue weighted by Crippen LogP contribution is -2.46. The highest BCUT2D eigenvalue weighted by Gasteiger charge is 2.43. The molecule has 3 rings (SSSR count). The molecule has 2 aromatic rings. The highest BCUT2D eigenvalue weighted by atomic mass is 32.2. The molecule has 0 aliphatic heterocycles. The van der Waals surface area contributed by atoms with E-state index in [0.717, 1.165) is 30.9 Å². The Morgan fingerprint density at radius 2 is 2.05 bits per heavy atom. The quantitative estimate of drug-likeness (QED) is 0.233. The molecule has 1 aliphatic carbocycles. The molecular weight excluding hydrogens is 506 g/mol. The number of allylic oxidation sites excluding steroid dienone is 1. The second kappa shape index (κ2) is 12.2. The predicted molar refractivity (Wildman–Crippen MR) is 149 cm³/mol. The van der Waals surface area contributed by atoms with E-state index >= 15 is 0 Å². The first-order valence-corrected chi connectivity index (χ1v) is 14.4. The maximum Gasteiger partial charge on any atom is 0.311 e. The fraction of sp³-hybridized carbons (Fsp3) is 0.464. The Balaban J connectivity index is 1.92. The number of nitrogens with two attached hydrogens (primary N) is 1. The van der Waals surface area contributed by atoms with Crippen LogP contribution in [-0.2, 0) is 26.5 Å². The number of hydrogen-bond donors (Lipinski definition) is 1. The molecule has 2 N–H and O–H groups in total. The standard InChI is InChI=1S/C28H37N3O6S/c1-6-8-20(3)17-38(29,35)30-27(32)23-11-13-26(25(16-23)31(33)34)37-18-28(21(4)36-5)14-7-9-22-15-19(2)10-12-24(22)28/h6,10-13,15-16,20-21H,1,7-9,14,17-18H2,2-5H3,(H2,29,30,32,35)/t20-,21?,28+,38?/m0/s1. The van der Waals surface area contributed by atoms with Crippen LogP contribution in [0.15, 0.2) is 53.4 Å². The summed E-state index contributed by atoms with van der Waals surface area (Å²) in [5, 5.41) is 17.7. The van der Waals surface area contributed by atoms with Gasteiger partial charge in [0.2, 0.25) is 0 Å². The van der Waals surface area contributed by atoms with Gasteiger partial charge >= 0.3 is 5.69 Å². The smallest absolute Gasteiger partial charge is 0.311 e. The molecule has 0 spiro atoms. The minimum atomic E-state index is -3.31. The summed E-state index contributed by atoms with van der Waals surface area (Å²) in [5.74, 6) is -0.919. The van der Waals surface area contributed by atoms with Crippen LogP contribution in [-0.4, -0.2) is 40.6 Å². The van der Waals surface area contributed by atoms with Gasteiger partial charge in [0.05, 0.1) is 16.4 Å². The van der Waals surface area contributed by atoms with Crippen molar-refractivity contribution in [3.63, 3.8) is 0 Å². The molecule has 1 aliphatic rings. The van der Waals surface area contributed by atoms with Crippen molar-refractivity contribution in [1.82, 2.24) is 0 Å². The van der Waals surface area contributed by atoms with Gasteiger partial charge < -0.3 is 9.47 Å². The molecule has 206 valence electrons. The number of nitro benzene ring substituents is 1. The summed E-state index contributed by atoms with van der Waals surface area (Å²) >= 11 is 0. The third-order valence-electron chi connectivity index (χ3n) is 7.22. The number of hydrogen-bond acceptors (Lipinski definition) is 6. The number of amides is 1. The average molecular weight is 544 g/mol. The van der Waals surface area contributed by atoms with Crippen molar-refractivity contribution >= 4 is 21.5 Å². The number of carbonyl (C=O) groups excluding carboxylic acids is 1. The molecule has 4 atom stereocenters. The normalized spacial score (nSPS) is 19.9. The van der Waals surface area contributed by atoms with Crippen LogP contribution in [0.25, 0.3) is 0 Å². The van der Waals surface area contributed by atoms with E-state index in [1.807, 2.05) is 13.8 Å². The summed E-state index contributed by atoms with van der Waals surface area (Å²) in [5.41, 5.74) is 2.56. The van der Waals surface area contributed by atoms with Crippen molar-refractivity contribution in [2.45, 2.75) is 58.0 Å². The second-order valence-electron chi connectivity index (χ2n) is 10.2. The van der Waals surface area contributed by atoms with Gasteiger partial charge in [-0.2, -0.15) is 0 Å². The molecule has 0 heterocycles. The molecule has 0 aromatic heterocycles. The number of ether oxygens (including phenoxy) is 2. The van der Waals surface area contributed by atoms with Crippen LogP contribution in [0.4, 0.5) is 5.69 Å². The van der Waals surface area contributed by atoms with E-state index in [1.54, 1.807) is 13.2 Å². The van der Waals surface area contributed by atoms with Gasteiger partial charge in [-0.3, -0.25) is 14.9 Å². The summed E-state index contributed by atoms with van der Waals surface area (Å²) in [6.45, 7) is 9.66. The second-order valence-corrected chi connectivity index (χ2v) is 12.1. The zero-order valence-corrected chi connectivity index (χ0v) is 23.3. The monoisotopic (exact) mass is 543 g/mol. The number of rotatable bonds is 11. The summed E-state index contributed by atoms with van der Waals surface area (Å²) in [6, 6.07) is 10.2. The van der Waals surface area contributed by atoms with Crippen molar-refractivity contribution in [3.05, 3.63) is 81.4 Å². The zero-order chi connectivity index (χ0) is 28.1. The van der Waals surface area contributed by atoms with Crippen LogP contribution in [0.3, 0.4) is 0 Å². The van der Waals surface area contributed by atoms with Gasteiger partial charge in [-0.05, 0) is 68.7 Å². The van der Waals surface area contributed by atoms with Crippen LogP contribution in [0.5, 0.6) is 5.75 Å². The number of nitrogens with zero attached hydrogens (tertiary/aromatic N) is 2. The lowest BCUT2D eigenvalue weighted by molar-refractivity contribution is -0.386. The van der Waals surface area contributed by atoms with E-state index in [9.17, 15) is 19.1 Å². The molecule has 0 saturated heterocycles. The number of benzene rings is 2. The molecule has 0 fully saturated rings. The highest BCUT2D eigenvalue weighted by molar-refractivity contribution is 7.91. The SMILES string of the molecule is C=CC[C@H](C)CS(N)(=O)=NC(=O)c1ccc(OC[C@@]2(C(C)OC)CCCc3cc(C)ccc32)c([N+](=O)[O-])c1. The van der Waals surface area contributed by atoms with E-state index in [-0.39, 0.29) is 41.4 Å². The fourth-order valence-electron chi connectivity index (χ4n) is 5.17. The molecule has 10 heteroatoms. The summed E-state index contributed by atoms with van der Waals surface area (Å²) in [4.78, 5) is 24.0. The molecule has 9 nitrogen and oxygen atoms in total. The summed E-state index contributed by atoms with van der Waals surface area (Å²) < 4.78 is 28.2. The van der Waals surface area contributed by atoms with Gasteiger partial charge in [0.15, 0.2) is 5.75 Å². The van der Waals surface area contributed by atoms with E-state index in [0.29, 0.717) is 6.42 Å². The topological polar surface area (TPSA) is 134 Å². The average Bonchev–Trinajstić information content (AvgIpc) is 2.85. The minimum Gasteiger partial charge on any atom is -0.486 e. The summed E-state index contributed by atoms with van der Waals surface area (Å²) in [7, 11) is -1.66. The Kier molecular flexibility index (Phi) is 9.45. The molecule has 38 heavy (non-hydrogen) atoms. The number of carbonyl (C=O) groups is 1. The lowest BCUT2D eigenvalue weighted by atomic mass is 9.67. The van der Waals surface area contributed by atoms with Gasteiger partial charge in [-0.1, -0.05) is 36.8 Å². The van der Waals surface area contributed by atoms with Gasteiger partial charge in [0.1, 0.15) is 16.5 Å². The van der Waals surface area contributed by atoms with Crippen molar-refractivity contribution in [2.75, 3.05) is 19.5 Å². The Bertz CT molecular complexity index is 1330. The largest absolute Gasteiger partial charge is 0.486 e.